The number of hydrogen-bond donors (Lipinski definition) is 0. The van der Waals surface area contributed by atoms with Gasteiger partial charge in [-0.1, -0.05) is 58.4 Å². The van der Waals surface area contributed by atoms with E-state index in [4.69, 9.17) is 5.10 Å². The fraction of sp³-hybridized carbons (Fsp3) is 0.233. The van der Waals surface area contributed by atoms with Crippen LogP contribution in [0.3, 0.4) is 0 Å². The van der Waals surface area contributed by atoms with E-state index in [2.05, 4.69) is 15.9 Å². The number of amides is 1. The molecule has 4 aromatic rings. The van der Waals surface area contributed by atoms with Gasteiger partial charge in [0.1, 0.15) is 5.82 Å². The summed E-state index contributed by atoms with van der Waals surface area (Å²) < 4.78 is 42.6. The third-order valence-corrected chi connectivity index (χ3v) is 7.63. The van der Waals surface area contributed by atoms with E-state index in [-0.39, 0.29) is 17.9 Å². The molecular weight excluding hydrogens is 571 g/mol. The highest BCUT2D eigenvalue weighted by Gasteiger charge is 2.45. The number of aryl methyl sites for hydroxylation is 1. The van der Waals surface area contributed by atoms with Gasteiger partial charge in [0, 0.05) is 34.5 Å². The standard InChI is InChI=1S/C30H25BrF3N3O2/c1-3-36-28-26(18(2)35-37(28)23-10-5-4-6-11-23)27(19-12-14-22(31)15-13-19)24(29(36)39)17-25(38)20-8-7-9-21(16-20)30(32,33)34/h4-16,24,27H,3,17H2,1-2H3/t24-,27+/m0/s1. The minimum Gasteiger partial charge on any atom is -0.296 e. The van der Waals surface area contributed by atoms with Crippen molar-refractivity contribution in [3.63, 3.8) is 0 Å². The molecule has 2 atom stereocenters. The van der Waals surface area contributed by atoms with E-state index in [1.54, 1.807) is 9.58 Å². The topological polar surface area (TPSA) is 55.2 Å². The summed E-state index contributed by atoms with van der Waals surface area (Å²) in [5, 5.41) is 4.80. The summed E-state index contributed by atoms with van der Waals surface area (Å²) in [5.41, 5.74) is 2.18. The molecule has 1 amide bonds. The lowest BCUT2D eigenvalue weighted by atomic mass is 9.74. The number of fused-ring (bicyclic) bond motifs is 1. The lowest BCUT2D eigenvalue weighted by Gasteiger charge is -2.38. The third-order valence-electron chi connectivity index (χ3n) is 7.10. The van der Waals surface area contributed by atoms with Crippen molar-refractivity contribution in [3.05, 3.63) is 111 Å². The van der Waals surface area contributed by atoms with Gasteiger partial charge in [-0.25, -0.2) is 4.68 Å². The van der Waals surface area contributed by atoms with Crippen LogP contribution in [0.5, 0.6) is 0 Å². The second-order valence-electron chi connectivity index (χ2n) is 9.49. The van der Waals surface area contributed by atoms with E-state index in [1.807, 2.05) is 68.4 Å². The first-order valence-electron chi connectivity index (χ1n) is 12.5. The van der Waals surface area contributed by atoms with Crippen LogP contribution >= 0.6 is 15.9 Å². The van der Waals surface area contributed by atoms with Crippen molar-refractivity contribution in [2.75, 3.05) is 11.4 Å². The van der Waals surface area contributed by atoms with Crippen molar-refractivity contribution in [2.24, 2.45) is 5.92 Å². The molecule has 1 aliphatic heterocycles. The average molecular weight is 596 g/mol. The average Bonchev–Trinajstić information content (AvgIpc) is 3.26. The minimum absolute atomic E-state index is 0.0715. The number of anilines is 1. The fourth-order valence-electron chi connectivity index (χ4n) is 5.31. The Morgan fingerprint density at radius 1 is 1.00 bits per heavy atom. The molecule has 0 N–H and O–H groups in total. The Morgan fingerprint density at radius 3 is 2.33 bits per heavy atom. The molecule has 200 valence electrons. The molecule has 5 nitrogen and oxygen atoms in total. The largest absolute Gasteiger partial charge is 0.416 e. The summed E-state index contributed by atoms with van der Waals surface area (Å²) in [7, 11) is 0. The Kier molecular flexibility index (Phi) is 7.20. The molecular formula is C30H25BrF3N3O2. The van der Waals surface area contributed by atoms with E-state index in [1.165, 1.54) is 12.1 Å². The van der Waals surface area contributed by atoms with Crippen LogP contribution in [0.1, 0.15) is 52.0 Å². The maximum absolute atomic E-state index is 14.1. The zero-order valence-electron chi connectivity index (χ0n) is 21.2. The summed E-state index contributed by atoms with van der Waals surface area (Å²) >= 11 is 3.45. The molecule has 1 aromatic heterocycles. The van der Waals surface area contributed by atoms with Gasteiger partial charge in [-0.15, -0.1) is 0 Å². The molecule has 0 bridgehead atoms. The number of ketones is 1. The van der Waals surface area contributed by atoms with Crippen molar-refractivity contribution in [1.29, 1.82) is 0 Å². The van der Waals surface area contributed by atoms with Gasteiger partial charge >= 0.3 is 6.18 Å². The van der Waals surface area contributed by atoms with E-state index in [0.29, 0.717) is 18.1 Å². The second kappa shape index (κ2) is 10.4. The van der Waals surface area contributed by atoms with Gasteiger partial charge in [-0.3, -0.25) is 14.5 Å². The van der Waals surface area contributed by atoms with Crippen LogP contribution in [0.2, 0.25) is 0 Å². The normalized spacial score (nSPS) is 17.3. The summed E-state index contributed by atoms with van der Waals surface area (Å²) in [4.78, 5) is 29.1. The first-order chi connectivity index (χ1) is 18.6. The molecule has 0 saturated carbocycles. The minimum atomic E-state index is -4.58. The molecule has 0 spiro atoms. The molecule has 2 heterocycles. The quantitative estimate of drug-likeness (QED) is 0.219. The molecule has 0 fully saturated rings. The number of halogens is 4. The Morgan fingerprint density at radius 2 is 1.69 bits per heavy atom. The molecule has 39 heavy (non-hydrogen) atoms. The number of carbonyl (C=O) groups excluding carboxylic acids is 2. The SMILES string of the molecule is CCN1C(=O)[C@@H](CC(=O)c2cccc(C(F)(F)F)c2)[C@@H](c2ccc(Br)cc2)c2c(C)nn(-c3ccccc3)c21. The Labute approximate surface area is 232 Å². The summed E-state index contributed by atoms with van der Waals surface area (Å²) in [6.07, 6.45) is -4.82. The molecule has 0 unspecified atom stereocenters. The summed E-state index contributed by atoms with van der Waals surface area (Å²) in [6, 6.07) is 21.4. The number of nitrogens with zero attached hydrogens (tertiary/aromatic N) is 3. The maximum Gasteiger partial charge on any atom is 0.416 e. The zero-order chi connectivity index (χ0) is 27.9. The van der Waals surface area contributed by atoms with Gasteiger partial charge in [0.15, 0.2) is 5.78 Å². The number of alkyl halides is 3. The molecule has 3 aromatic carbocycles. The van der Waals surface area contributed by atoms with Crippen molar-refractivity contribution in [1.82, 2.24) is 9.78 Å². The number of benzene rings is 3. The van der Waals surface area contributed by atoms with E-state index >= 15 is 0 Å². The van der Waals surface area contributed by atoms with Gasteiger partial charge in [-0.05, 0) is 55.8 Å². The van der Waals surface area contributed by atoms with Crippen LogP contribution in [0.25, 0.3) is 5.69 Å². The van der Waals surface area contributed by atoms with E-state index < -0.39 is 29.4 Å². The highest BCUT2D eigenvalue weighted by atomic mass is 79.9. The fourth-order valence-corrected chi connectivity index (χ4v) is 5.58. The molecule has 5 rings (SSSR count). The summed E-state index contributed by atoms with van der Waals surface area (Å²) in [6.45, 7) is 4.07. The molecule has 1 aliphatic rings. The lowest BCUT2D eigenvalue weighted by Crippen LogP contribution is -2.45. The maximum atomic E-state index is 14.1. The molecule has 0 aliphatic carbocycles. The first-order valence-corrected chi connectivity index (χ1v) is 13.3. The number of hydrogen-bond acceptors (Lipinski definition) is 3. The Balaban J connectivity index is 1.65. The van der Waals surface area contributed by atoms with Crippen LogP contribution in [-0.4, -0.2) is 28.0 Å². The first kappa shape index (κ1) is 26.9. The number of rotatable bonds is 6. The number of para-hydroxylation sites is 1. The predicted octanol–water partition coefficient (Wildman–Crippen LogP) is 7.35. The summed E-state index contributed by atoms with van der Waals surface area (Å²) in [5.74, 6) is -1.49. The third kappa shape index (κ3) is 5.03. The van der Waals surface area contributed by atoms with Crippen LogP contribution in [-0.2, 0) is 11.0 Å². The number of Topliss-reactive ketones (excluding diaryl/α,β-unsaturated/α-hetero) is 1. The van der Waals surface area contributed by atoms with Crippen molar-refractivity contribution < 1.29 is 22.8 Å². The lowest BCUT2D eigenvalue weighted by molar-refractivity contribution is -0.137. The highest BCUT2D eigenvalue weighted by molar-refractivity contribution is 9.10. The molecule has 0 radical (unpaired) electrons. The predicted molar refractivity (Wildman–Crippen MR) is 146 cm³/mol. The Bertz CT molecular complexity index is 1530. The smallest absolute Gasteiger partial charge is 0.296 e. The monoisotopic (exact) mass is 595 g/mol. The van der Waals surface area contributed by atoms with Gasteiger partial charge in [-0.2, -0.15) is 18.3 Å². The van der Waals surface area contributed by atoms with Crippen molar-refractivity contribution >= 4 is 33.4 Å². The van der Waals surface area contributed by atoms with E-state index in [9.17, 15) is 22.8 Å². The Hall–Kier alpha value is -3.72. The van der Waals surface area contributed by atoms with Gasteiger partial charge in [0.05, 0.1) is 22.9 Å². The van der Waals surface area contributed by atoms with Crippen molar-refractivity contribution in [2.45, 2.75) is 32.4 Å². The zero-order valence-corrected chi connectivity index (χ0v) is 22.8. The highest BCUT2D eigenvalue weighted by Crippen LogP contribution is 2.47. The number of aromatic nitrogens is 2. The van der Waals surface area contributed by atoms with E-state index in [0.717, 1.165) is 33.4 Å². The van der Waals surface area contributed by atoms with Gasteiger partial charge in [0.25, 0.3) is 0 Å². The van der Waals surface area contributed by atoms with Crippen LogP contribution < -0.4 is 4.90 Å². The van der Waals surface area contributed by atoms with Crippen molar-refractivity contribution in [3.8, 4) is 5.69 Å². The molecule has 9 heteroatoms. The van der Waals surface area contributed by atoms with Gasteiger partial charge in [0.2, 0.25) is 5.91 Å². The number of carbonyl (C=O) groups is 2. The van der Waals surface area contributed by atoms with Crippen LogP contribution in [0.4, 0.5) is 19.0 Å². The molecule has 0 saturated heterocycles. The van der Waals surface area contributed by atoms with Gasteiger partial charge < -0.3 is 0 Å². The van der Waals surface area contributed by atoms with Crippen LogP contribution in [0, 0.1) is 12.8 Å². The second-order valence-corrected chi connectivity index (χ2v) is 10.4. The van der Waals surface area contributed by atoms with Crippen LogP contribution in [0.15, 0.2) is 83.3 Å².